The maximum Gasteiger partial charge on any atom is 0.323 e. The Hall–Kier alpha value is -1.67. The number of anilines is 2. The summed E-state index contributed by atoms with van der Waals surface area (Å²) in [6.45, 7) is 7.45. The van der Waals surface area contributed by atoms with Crippen molar-refractivity contribution >= 4 is 11.9 Å². The van der Waals surface area contributed by atoms with Gasteiger partial charge in [-0.05, 0) is 20.8 Å². The van der Waals surface area contributed by atoms with Gasteiger partial charge < -0.3 is 14.8 Å². The molecule has 1 aromatic heterocycles. The molecular weight excluding hydrogens is 236 g/mol. The molecule has 4 N–H and O–H groups in total. The first kappa shape index (κ1) is 14.4. The van der Waals surface area contributed by atoms with Crippen molar-refractivity contribution in [2.45, 2.75) is 26.9 Å². The molecule has 0 amide bonds. The lowest BCUT2D eigenvalue weighted by molar-refractivity contribution is 0.0869. The highest BCUT2D eigenvalue weighted by molar-refractivity contribution is 5.34. The smallest absolute Gasteiger partial charge is 0.323 e. The normalized spacial score (nSPS) is 10.5. The van der Waals surface area contributed by atoms with Crippen molar-refractivity contribution in [3.8, 4) is 6.01 Å². The topological polar surface area (TPSA) is 107 Å². The van der Waals surface area contributed by atoms with E-state index in [9.17, 15) is 0 Å². The highest BCUT2D eigenvalue weighted by Gasteiger charge is 2.05. The molecule has 1 heterocycles. The molecule has 0 spiro atoms. The monoisotopic (exact) mass is 256 g/mol. The second kappa shape index (κ2) is 7.62. The Bertz CT molecular complexity index is 360. The number of nitrogens with two attached hydrogens (primary N) is 1. The number of nitrogens with one attached hydrogen (secondary N) is 2. The van der Waals surface area contributed by atoms with Crippen molar-refractivity contribution in [2.75, 3.05) is 30.5 Å². The summed E-state index contributed by atoms with van der Waals surface area (Å²) >= 11 is 0. The molecule has 0 unspecified atom stereocenters. The first-order valence-electron chi connectivity index (χ1n) is 5.86. The molecule has 102 valence electrons. The molecule has 0 aliphatic rings. The average Bonchev–Trinajstić information content (AvgIpc) is 2.34. The molecule has 0 aliphatic carbocycles. The van der Waals surface area contributed by atoms with E-state index in [-0.39, 0.29) is 18.1 Å². The lowest BCUT2D eigenvalue weighted by atomic mass is 10.5. The van der Waals surface area contributed by atoms with Crippen LogP contribution in [0.25, 0.3) is 0 Å². The molecule has 0 bridgehead atoms. The standard InChI is InChI=1S/C10H20N6O2/c1-4-17-10-14-8(13-9(15-10)16-11)12-5-6-18-7(2)3/h7H,4-6,11H2,1-3H3,(H2,12,13,14,15,16). The van der Waals surface area contributed by atoms with Crippen molar-refractivity contribution in [1.29, 1.82) is 0 Å². The number of hydrazine groups is 1. The maximum absolute atomic E-state index is 5.39. The Morgan fingerprint density at radius 2 is 1.94 bits per heavy atom. The quantitative estimate of drug-likeness (QED) is 0.348. The van der Waals surface area contributed by atoms with E-state index in [1.165, 1.54) is 0 Å². The third-order valence-corrected chi connectivity index (χ3v) is 1.85. The Morgan fingerprint density at radius 3 is 2.56 bits per heavy atom. The van der Waals surface area contributed by atoms with E-state index in [0.29, 0.717) is 25.7 Å². The number of hydrogen-bond donors (Lipinski definition) is 3. The largest absolute Gasteiger partial charge is 0.464 e. The molecule has 18 heavy (non-hydrogen) atoms. The second-order valence-corrected chi connectivity index (χ2v) is 3.69. The first-order valence-corrected chi connectivity index (χ1v) is 5.86. The minimum atomic E-state index is 0.199. The van der Waals surface area contributed by atoms with E-state index in [0.717, 1.165) is 0 Å². The predicted octanol–water partition coefficient (Wildman–Crippen LogP) is 0.393. The van der Waals surface area contributed by atoms with Crippen LogP contribution in [0.4, 0.5) is 11.9 Å². The van der Waals surface area contributed by atoms with E-state index < -0.39 is 0 Å². The highest BCUT2D eigenvalue weighted by Crippen LogP contribution is 2.09. The summed E-state index contributed by atoms with van der Waals surface area (Å²) in [5.74, 6) is 5.92. The maximum atomic E-state index is 5.39. The fourth-order valence-electron chi connectivity index (χ4n) is 1.15. The van der Waals surface area contributed by atoms with E-state index in [4.69, 9.17) is 15.3 Å². The van der Waals surface area contributed by atoms with Crippen molar-refractivity contribution in [1.82, 2.24) is 15.0 Å². The Labute approximate surface area is 106 Å². The zero-order valence-corrected chi connectivity index (χ0v) is 10.9. The second-order valence-electron chi connectivity index (χ2n) is 3.69. The van der Waals surface area contributed by atoms with E-state index >= 15 is 0 Å². The summed E-state index contributed by atoms with van der Waals surface area (Å²) in [7, 11) is 0. The molecule has 0 saturated carbocycles. The molecule has 1 aromatic rings. The minimum Gasteiger partial charge on any atom is -0.464 e. The van der Waals surface area contributed by atoms with Gasteiger partial charge in [-0.3, -0.25) is 5.43 Å². The van der Waals surface area contributed by atoms with Gasteiger partial charge in [0.2, 0.25) is 11.9 Å². The summed E-state index contributed by atoms with van der Waals surface area (Å²) < 4.78 is 10.6. The average molecular weight is 256 g/mol. The van der Waals surface area contributed by atoms with Gasteiger partial charge in [0.05, 0.1) is 19.3 Å². The van der Waals surface area contributed by atoms with Crippen LogP contribution in [0.3, 0.4) is 0 Å². The summed E-state index contributed by atoms with van der Waals surface area (Å²) in [5.41, 5.74) is 2.36. The lowest BCUT2D eigenvalue weighted by Gasteiger charge is -2.10. The number of ether oxygens (including phenoxy) is 2. The number of aromatic nitrogens is 3. The van der Waals surface area contributed by atoms with Gasteiger partial charge in [0.25, 0.3) is 0 Å². The van der Waals surface area contributed by atoms with Gasteiger partial charge >= 0.3 is 6.01 Å². The van der Waals surface area contributed by atoms with Crippen molar-refractivity contribution < 1.29 is 9.47 Å². The van der Waals surface area contributed by atoms with Crippen LogP contribution in [0.15, 0.2) is 0 Å². The first-order chi connectivity index (χ1) is 8.65. The van der Waals surface area contributed by atoms with Crippen molar-refractivity contribution in [3.63, 3.8) is 0 Å². The summed E-state index contributed by atoms with van der Waals surface area (Å²) in [4.78, 5) is 12.1. The van der Waals surface area contributed by atoms with Gasteiger partial charge in [-0.2, -0.15) is 15.0 Å². The van der Waals surface area contributed by atoms with Gasteiger partial charge in [0.15, 0.2) is 0 Å². The Morgan fingerprint density at radius 1 is 1.22 bits per heavy atom. The summed E-state index contributed by atoms with van der Waals surface area (Å²) in [5, 5.41) is 3.01. The summed E-state index contributed by atoms with van der Waals surface area (Å²) in [6, 6.07) is 0.229. The predicted molar refractivity (Wildman–Crippen MR) is 68.4 cm³/mol. The van der Waals surface area contributed by atoms with Crippen LogP contribution in [-0.4, -0.2) is 40.8 Å². The van der Waals surface area contributed by atoms with Crippen LogP contribution in [0.1, 0.15) is 20.8 Å². The Kier molecular flexibility index (Phi) is 6.09. The molecule has 0 fully saturated rings. The fourth-order valence-corrected chi connectivity index (χ4v) is 1.15. The van der Waals surface area contributed by atoms with E-state index in [1.54, 1.807) is 0 Å². The number of nitrogens with zero attached hydrogens (tertiary/aromatic N) is 3. The number of rotatable bonds is 8. The Balaban J connectivity index is 2.55. The van der Waals surface area contributed by atoms with Crippen molar-refractivity contribution in [2.24, 2.45) is 5.84 Å². The summed E-state index contributed by atoms with van der Waals surface area (Å²) in [6.07, 6.45) is 0.199. The minimum absolute atomic E-state index is 0.199. The molecule has 0 aromatic carbocycles. The molecule has 8 nitrogen and oxygen atoms in total. The lowest BCUT2D eigenvalue weighted by Crippen LogP contribution is -2.17. The highest BCUT2D eigenvalue weighted by atomic mass is 16.5. The SMILES string of the molecule is CCOc1nc(NN)nc(NCCOC(C)C)n1. The molecular formula is C10H20N6O2. The van der Waals surface area contributed by atoms with Crippen molar-refractivity contribution in [3.05, 3.63) is 0 Å². The third-order valence-electron chi connectivity index (χ3n) is 1.85. The van der Waals surface area contributed by atoms with Gasteiger partial charge in [-0.15, -0.1) is 0 Å². The third kappa shape index (κ3) is 5.11. The molecule has 0 radical (unpaired) electrons. The zero-order valence-electron chi connectivity index (χ0n) is 10.9. The van der Waals surface area contributed by atoms with Crippen LogP contribution in [0.2, 0.25) is 0 Å². The van der Waals surface area contributed by atoms with Crippen LogP contribution in [0.5, 0.6) is 6.01 Å². The van der Waals surface area contributed by atoms with Crippen LogP contribution < -0.4 is 21.3 Å². The van der Waals surface area contributed by atoms with Crippen LogP contribution >= 0.6 is 0 Å². The van der Waals surface area contributed by atoms with Gasteiger partial charge in [0.1, 0.15) is 0 Å². The molecule has 0 saturated heterocycles. The molecule has 8 heteroatoms. The van der Waals surface area contributed by atoms with Gasteiger partial charge in [-0.25, -0.2) is 5.84 Å². The number of hydrogen-bond acceptors (Lipinski definition) is 8. The zero-order chi connectivity index (χ0) is 13.4. The van der Waals surface area contributed by atoms with E-state index in [1.807, 2.05) is 20.8 Å². The van der Waals surface area contributed by atoms with Crippen LogP contribution in [-0.2, 0) is 4.74 Å². The molecule has 0 atom stereocenters. The fraction of sp³-hybridized carbons (Fsp3) is 0.700. The number of nitrogen functional groups attached to an aromatic ring is 1. The van der Waals surface area contributed by atoms with E-state index in [2.05, 4.69) is 25.7 Å². The molecule has 0 aliphatic heterocycles. The molecule has 1 rings (SSSR count). The van der Waals surface area contributed by atoms with Gasteiger partial charge in [-0.1, -0.05) is 0 Å². The van der Waals surface area contributed by atoms with Crippen LogP contribution in [0, 0.1) is 0 Å². The van der Waals surface area contributed by atoms with Gasteiger partial charge in [0, 0.05) is 6.54 Å².